The van der Waals surface area contributed by atoms with Crippen LogP contribution in [0.1, 0.15) is 32.3 Å². The number of hydrogen-bond acceptors (Lipinski definition) is 7. The molecule has 1 fully saturated rings. The Morgan fingerprint density at radius 2 is 2.07 bits per heavy atom. The van der Waals surface area contributed by atoms with Gasteiger partial charge in [-0.2, -0.15) is 18.2 Å². The van der Waals surface area contributed by atoms with Crippen LogP contribution in [0.5, 0.6) is 5.88 Å². The van der Waals surface area contributed by atoms with Crippen LogP contribution in [0.2, 0.25) is 0 Å². The van der Waals surface area contributed by atoms with E-state index in [0.717, 1.165) is 22.4 Å². The minimum Gasteiger partial charge on any atom is -0.479 e. The third kappa shape index (κ3) is 5.99. The van der Waals surface area contributed by atoms with Gasteiger partial charge in [-0.3, -0.25) is 9.79 Å². The zero-order valence-electron chi connectivity index (χ0n) is 23.0. The fourth-order valence-corrected chi connectivity index (χ4v) is 5.79. The number of nitrogens with one attached hydrogen (secondary N) is 1. The van der Waals surface area contributed by atoms with Crippen molar-refractivity contribution in [2.45, 2.75) is 51.5 Å². The number of halogens is 4. The molecule has 1 saturated heterocycles. The van der Waals surface area contributed by atoms with Gasteiger partial charge < -0.3 is 20.1 Å². The molecule has 0 saturated carbocycles. The molecule has 4 heterocycles. The number of carbonyl (C=O) groups is 1. The number of aliphatic imine (C=N–C) groups is 1. The normalized spacial score (nSPS) is 21.8. The van der Waals surface area contributed by atoms with Gasteiger partial charge in [-0.05, 0) is 55.0 Å². The largest absolute Gasteiger partial charge is 0.479 e. The van der Waals surface area contributed by atoms with E-state index in [9.17, 15) is 22.4 Å². The summed E-state index contributed by atoms with van der Waals surface area (Å²) < 4.78 is 61.2. The van der Waals surface area contributed by atoms with Crippen molar-refractivity contribution in [3.05, 3.63) is 36.0 Å². The number of ether oxygens (including phenoxy) is 1. The van der Waals surface area contributed by atoms with Gasteiger partial charge in [-0.15, -0.1) is 5.10 Å². The molecule has 9 nitrogen and oxygen atoms in total. The van der Waals surface area contributed by atoms with E-state index in [4.69, 9.17) is 9.84 Å². The molecule has 0 unspecified atom stereocenters. The Bertz CT molecular complexity index is 1470. The number of aliphatic hydroxyl groups excluding tert-OH is 1. The van der Waals surface area contributed by atoms with Crippen LogP contribution in [0.3, 0.4) is 0 Å². The lowest BCUT2D eigenvalue weighted by atomic mass is 9.80. The number of likely N-dealkylation sites (tertiary alicyclic amines) is 1. The van der Waals surface area contributed by atoms with Gasteiger partial charge in [0.25, 0.3) is 0 Å². The van der Waals surface area contributed by atoms with Crippen LogP contribution in [-0.4, -0.2) is 81.4 Å². The third-order valence-electron chi connectivity index (χ3n) is 7.92. The first-order valence-electron chi connectivity index (χ1n) is 13.4. The Morgan fingerprint density at radius 3 is 2.76 bits per heavy atom. The highest BCUT2D eigenvalue weighted by Crippen LogP contribution is 2.40. The Kier molecular flexibility index (Phi) is 7.91. The summed E-state index contributed by atoms with van der Waals surface area (Å²) in [4.78, 5) is 22.1. The quantitative estimate of drug-likeness (QED) is 0.399. The van der Waals surface area contributed by atoms with Crippen molar-refractivity contribution in [1.82, 2.24) is 19.5 Å². The topological polar surface area (TPSA) is 104 Å². The molecule has 0 bridgehead atoms. The zero-order chi connectivity index (χ0) is 29.5. The highest BCUT2D eigenvalue weighted by molar-refractivity contribution is 5.91. The fourth-order valence-electron chi connectivity index (χ4n) is 5.79. The Balaban J connectivity index is 1.40. The smallest absolute Gasteiger partial charge is 0.389 e. The molecule has 4 atom stereocenters. The van der Waals surface area contributed by atoms with Gasteiger partial charge >= 0.3 is 6.18 Å². The molecule has 5 rings (SSSR count). The molecular formula is C28H32F4N6O3. The minimum atomic E-state index is -4.24. The van der Waals surface area contributed by atoms with Crippen LogP contribution in [0.25, 0.3) is 16.6 Å². The van der Waals surface area contributed by atoms with Crippen LogP contribution >= 0.6 is 0 Å². The summed E-state index contributed by atoms with van der Waals surface area (Å²) in [6.07, 6.45) is -3.99. The summed E-state index contributed by atoms with van der Waals surface area (Å²) in [5.74, 6) is -1.01. The predicted octanol–water partition coefficient (Wildman–Crippen LogP) is 4.60. The molecular weight excluding hydrogens is 544 g/mol. The van der Waals surface area contributed by atoms with Gasteiger partial charge in [0, 0.05) is 36.4 Å². The number of piperidine rings is 1. The number of methoxy groups -OCH3 is 1. The summed E-state index contributed by atoms with van der Waals surface area (Å²) in [5, 5.41) is 16.5. The van der Waals surface area contributed by atoms with E-state index in [1.165, 1.54) is 12.0 Å². The molecule has 2 aliphatic heterocycles. The number of aromatic nitrogens is 3. The summed E-state index contributed by atoms with van der Waals surface area (Å²) >= 11 is 0. The number of hydrogen-bond donors (Lipinski definition) is 2. The molecule has 2 aromatic heterocycles. The SMILES string of the molecule is COc1nc(N[C@H]2CCN(C(=O)CO)C[C@H]2F)nn2ccc(-c3ccc4c(c3)C[C@H]([C@H](C)CC(F)(F)F)C(C)=N4)c12. The molecule has 3 aromatic rings. The number of carbonyl (C=O) groups excluding carboxylic acids is 1. The lowest BCUT2D eigenvalue weighted by Gasteiger charge is -2.34. The zero-order valence-corrected chi connectivity index (χ0v) is 23.0. The second-order valence-corrected chi connectivity index (χ2v) is 10.7. The number of rotatable bonds is 7. The van der Waals surface area contributed by atoms with Crippen molar-refractivity contribution in [2.75, 3.05) is 32.1 Å². The van der Waals surface area contributed by atoms with Crippen molar-refractivity contribution >= 4 is 28.8 Å². The fraction of sp³-hybridized carbons (Fsp3) is 0.500. The van der Waals surface area contributed by atoms with E-state index >= 15 is 0 Å². The van der Waals surface area contributed by atoms with Crippen molar-refractivity contribution in [3.63, 3.8) is 0 Å². The van der Waals surface area contributed by atoms with Crippen LogP contribution in [-0.2, 0) is 11.2 Å². The van der Waals surface area contributed by atoms with Crippen LogP contribution in [0, 0.1) is 11.8 Å². The molecule has 2 N–H and O–H groups in total. The molecule has 1 amide bonds. The lowest BCUT2D eigenvalue weighted by molar-refractivity contribution is -0.145. The van der Waals surface area contributed by atoms with E-state index in [1.807, 2.05) is 24.3 Å². The van der Waals surface area contributed by atoms with E-state index in [2.05, 4.69) is 20.4 Å². The maximum Gasteiger partial charge on any atom is 0.389 e. The Morgan fingerprint density at radius 1 is 1.29 bits per heavy atom. The number of alkyl halides is 4. The van der Waals surface area contributed by atoms with Gasteiger partial charge in [0.15, 0.2) is 0 Å². The molecule has 0 radical (unpaired) electrons. The van der Waals surface area contributed by atoms with Gasteiger partial charge in [-0.1, -0.05) is 13.0 Å². The lowest BCUT2D eigenvalue weighted by Crippen LogP contribution is -2.50. The van der Waals surface area contributed by atoms with Crippen LogP contribution in [0.15, 0.2) is 35.5 Å². The van der Waals surface area contributed by atoms with E-state index in [0.29, 0.717) is 30.6 Å². The van der Waals surface area contributed by atoms with Crippen LogP contribution < -0.4 is 10.1 Å². The van der Waals surface area contributed by atoms with Gasteiger partial charge in [-0.25, -0.2) is 8.91 Å². The Labute approximate surface area is 234 Å². The van der Waals surface area contributed by atoms with Crippen molar-refractivity contribution in [1.29, 1.82) is 0 Å². The first-order chi connectivity index (χ1) is 19.5. The monoisotopic (exact) mass is 576 g/mol. The maximum absolute atomic E-state index is 14.8. The number of benzene rings is 1. The van der Waals surface area contributed by atoms with Crippen molar-refractivity contribution in [2.24, 2.45) is 16.8 Å². The average Bonchev–Trinajstić information content (AvgIpc) is 3.35. The van der Waals surface area contributed by atoms with Crippen LogP contribution in [0.4, 0.5) is 29.2 Å². The predicted molar refractivity (Wildman–Crippen MR) is 145 cm³/mol. The molecule has 220 valence electrons. The summed E-state index contributed by atoms with van der Waals surface area (Å²) in [6.45, 7) is 2.90. The van der Waals surface area contributed by atoms with Gasteiger partial charge in [0.05, 0.1) is 25.4 Å². The van der Waals surface area contributed by atoms with Gasteiger partial charge in [0.1, 0.15) is 18.3 Å². The molecule has 0 spiro atoms. The van der Waals surface area contributed by atoms with E-state index < -0.39 is 43.2 Å². The van der Waals surface area contributed by atoms with Crippen molar-refractivity contribution in [3.8, 4) is 17.0 Å². The highest BCUT2D eigenvalue weighted by Gasteiger charge is 2.36. The number of amides is 1. The molecule has 0 aliphatic carbocycles. The van der Waals surface area contributed by atoms with Gasteiger partial charge in [0.2, 0.25) is 17.7 Å². The summed E-state index contributed by atoms with van der Waals surface area (Å²) in [6, 6.07) is 6.91. The Hall–Kier alpha value is -3.74. The second kappa shape index (κ2) is 11.3. The first-order valence-corrected chi connectivity index (χ1v) is 13.4. The molecule has 2 aliphatic rings. The third-order valence-corrected chi connectivity index (χ3v) is 7.92. The molecule has 41 heavy (non-hydrogen) atoms. The summed E-state index contributed by atoms with van der Waals surface area (Å²) in [7, 11) is 1.47. The standard InChI is InChI=1S/C28H32F4N6O3/c1-15(12-28(30,31)32)20-11-18-10-17(4-5-22(18)33-16(20)2)19-6-9-38-25(19)26(41-3)35-27(36-38)34-23-7-8-37(13-21(23)29)24(40)14-39/h4-6,9-10,15,20-21,23,39H,7-8,11-14H2,1-3H3,(H,34,36)/t15-,20-,21-,23+/m1/s1. The van der Waals surface area contributed by atoms with Crippen molar-refractivity contribution < 1.29 is 32.2 Å². The summed E-state index contributed by atoms with van der Waals surface area (Å²) in [5.41, 5.74) is 4.47. The number of fused-ring (bicyclic) bond motifs is 2. The molecule has 1 aromatic carbocycles. The second-order valence-electron chi connectivity index (χ2n) is 10.7. The maximum atomic E-state index is 14.8. The molecule has 13 heteroatoms. The minimum absolute atomic E-state index is 0.137. The first kappa shape index (κ1) is 28.8. The highest BCUT2D eigenvalue weighted by atomic mass is 19.4. The van der Waals surface area contributed by atoms with E-state index in [1.54, 1.807) is 24.6 Å². The number of nitrogens with zero attached hydrogens (tertiary/aromatic N) is 5. The van der Waals surface area contributed by atoms with E-state index in [-0.39, 0.29) is 24.3 Å². The number of aliphatic hydroxyl groups is 1. The average molecular weight is 577 g/mol. The number of anilines is 1.